The molecule has 1 unspecified atom stereocenters. The molecule has 1 aliphatic carbocycles. The zero-order chi connectivity index (χ0) is 42.3. The number of aliphatic carboxylic acids is 1. The molecule has 1 aliphatic rings. The molecule has 58 heavy (non-hydrogen) atoms. The highest BCUT2D eigenvalue weighted by atomic mass is 19.4. The maximum Gasteiger partial charge on any atom is 0.416 e. The smallest absolute Gasteiger partial charge is 0.416 e. The third-order valence-corrected chi connectivity index (χ3v) is 10.2. The van der Waals surface area contributed by atoms with E-state index in [2.05, 4.69) is 20.6 Å². The SMILES string of the molecule is CC(NCC1CCC(CC(=O)O)CC1)c1ccc(C(F)(F)F)cc1CNc1ncc(OCCOc2ccccc2)c([C@@H](C)c2cc(C(F)(F)F)cc(C(F)(F)F)c2)n1. The number of hydrogen-bond acceptors (Lipinski definition) is 7. The number of hydrogen-bond donors (Lipinski definition) is 3. The largest absolute Gasteiger partial charge is 0.490 e. The lowest BCUT2D eigenvalue weighted by Gasteiger charge is -2.29. The first kappa shape index (κ1) is 44.1. The summed E-state index contributed by atoms with van der Waals surface area (Å²) in [4.78, 5) is 19.8. The van der Waals surface area contributed by atoms with Crippen LogP contribution < -0.4 is 20.1 Å². The molecule has 0 saturated heterocycles. The third kappa shape index (κ3) is 12.2. The number of anilines is 1. The molecule has 1 fully saturated rings. The van der Waals surface area contributed by atoms with Crippen molar-refractivity contribution in [2.75, 3.05) is 25.1 Å². The summed E-state index contributed by atoms with van der Waals surface area (Å²) in [5.41, 5.74) is -3.60. The van der Waals surface area contributed by atoms with E-state index in [1.165, 1.54) is 19.2 Å². The number of carboxylic acids is 1. The van der Waals surface area contributed by atoms with Crippen LogP contribution >= 0.6 is 0 Å². The molecule has 4 aromatic rings. The minimum Gasteiger partial charge on any atom is -0.490 e. The van der Waals surface area contributed by atoms with E-state index in [1.54, 1.807) is 37.3 Å². The highest BCUT2D eigenvalue weighted by Crippen LogP contribution is 2.40. The normalized spacial score (nSPS) is 17.4. The van der Waals surface area contributed by atoms with Crippen LogP contribution in [0.4, 0.5) is 45.5 Å². The standard InChI is InChI=1S/C41H43F9N4O4/c1-24(28-17-31(40(45,46)47)20-32(18-28)41(48,49)50)37-35(58-15-14-57-33-6-4-3-5-7-33)23-53-38(54-37)52-22-29-19-30(39(42,43)44)12-13-34(29)25(2)51-21-27-10-8-26(9-11-27)16-36(55)56/h3-7,12-13,17-20,23-27,51H,8-11,14-16,21-22H2,1-2H3,(H,55,56)(H,52,53,54)/t24-,25?,26?,27?/m0/s1. The molecule has 0 aliphatic heterocycles. The Morgan fingerprint density at radius 3 is 2.00 bits per heavy atom. The van der Waals surface area contributed by atoms with Gasteiger partial charge in [-0.1, -0.05) is 31.2 Å². The quantitative estimate of drug-likeness (QED) is 0.0758. The molecule has 1 saturated carbocycles. The van der Waals surface area contributed by atoms with Crippen molar-refractivity contribution < 1.29 is 58.9 Å². The number of alkyl halides is 9. The van der Waals surface area contributed by atoms with Crippen molar-refractivity contribution in [3.05, 3.63) is 112 Å². The number of ether oxygens (including phenoxy) is 2. The van der Waals surface area contributed by atoms with Crippen molar-refractivity contribution in [2.24, 2.45) is 11.8 Å². The molecular weight excluding hydrogens is 783 g/mol. The van der Waals surface area contributed by atoms with Crippen molar-refractivity contribution in [1.82, 2.24) is 15.3 Å². The summed E-state index contributed by atoms with van der Waals surface area (Å²) >= 11 is 0. The molecule has 1 aromatic heterocycles. The van der Waals surface area contributed by atoms with Crippen LogP contribution in [-0.4, -0.2) is 40.8 Å². The maximum absolute atomic E-state index is 13.9. The average molecular weight is 827 g/mol. The molecule has 0 spiro atoms. The van der Waals surface area contributed by atoms with Gasteiger partial charge in [-0.25, -0.2) is 9.97 Å². The van der Waals surface area contributed by atoms with Gasteiger partial charge in [-0.05, 0) is 110 Å². The van der Waals surface area contributed by atoms with Crippen molar-refractivity contribution >= 4 is 11.9 Å². The van der Waals surface area contributed by atoms with Crippen LogP contribution in [0.1, 0.15) is 97.0 Å². The van der Waals surface area contributed by atoms with Crippen LogP contribution in [0.25, 0.3) is 0 Å². The molecule has 0 bridgehead atoms. The monoisotopic (exact) mass is 826 g/mol. The van der Waals surface area contributed by atoms with Crippen molar-refractivity contribution in [2.45, 2.75) is 83.0 Å². The van der Waals surface area contributed by atoms with Gasteiger partial charge >= 0.3 is 24.5 Å². The van der Waals surface area contributed by atoms with Crippen LogP contribution in [0.5, 0.6) is 11.5 Å². The van der Waals surface area contributed by atoms with E-state index >= 15 is 0 Å². The minimum absolute atomic E-state index is 0.0101. The van der Waals surface area contributed by atoms with Gasteiger partial charge in [-0.3, -0.25) is 4.79 Å². The van der Waals surface area contributed by atoms with Gasteiger partial charge in [-0.2, -0.15) is 39.5 Å². The number of benzene rings is 3. The summed E-state index contributed by atoms with van der Waals surface area (Å²) in [7, 11) is 0. The van der Waals surface area contributed by atoms with Gasteiger partial charge in [0.1, 0.15) is 19.0 Å². The van der Waals surface area contributed by atoms with E-state index in [-0.39, 0.29) is 72.6 Å². The Labute approximate surface area is 329 Å². The summed E-state index contributed by atoms with van der Waals surface area (Å²) in [6.07, 6.45) is -10.4. The Hall–Kier alpha value is -5.06. The molecule has 2 atom stereocenters. The van der Waals surface area contributed by atoms with Crippen LogP contribution in [0.15, 0.2) is 72.9 Å². The number of carbonyl (C=O) groups is 1. The highest BCUT2D eigenvalue weighted by molar-refractivity contribution is 5.67. The number of para-hydroxylation sites is 1. The molecule has 8 nitrogen and oxygen atoms in total. The first-order chi connectivity index (χ1) is 27.3. The predicted molar refractivity (Wildman–Crippen MR) is 196 cm³/mol. The van der Waals surface area contributed by atoms with Gasteiger partial charge in [0.05, 0.1) is 28.6 Å². The second-order valence-corrected chi connectivity index (χ2v) is 14.4. The fraction of sp³-hybridized carbons (Fsp3) is 0.439. The molecule has 3 N–H and O–H groups in total. The number of nitrogens with zero attached hydrogens (tertiary/aromatic N) is 2. The molecule has 0 amide bonds. The number of aromatic nitrogens is 2. The van der Waals surface area contributed by atoms with Crippen LogP contribution in [0.3, 0.4) is 0 Å². The second kappa shape index (κ2) is 18.7. The molecule has 5 rings (SSSR count). The van der Waals surface area contributed by atoms with Crippen molar-refractivity contribution in [3.63, 3.8) is 0 Å². The van der Waals surface area contributed by atoms with Gasteiger partial charge in [0.2, 0.25) is 5.95 Å². The lowest BCUT2D eigenvalue weighted by atomic mass is 9.80. The van der Waals surface area contributed by atoms with E-state index in [4.69, 9.17) is 14.6 Å². The number of halogens is 9. The summed E-state index contributed by atoms with van der Waals surface area (Å²) in [5, 5.41) is 15.4. The number of carboxylic acid groups (broad SMARTS) is 1. The minimum atomic E-state index is -5.10. The number of rotatable bonds is 16. The molecule has 314 valence electrons. The fourth-order valence-corrected chi connectivity index (χ4v) is 6.98. The lowest BCUT2D eigenvalue weighted by molar-refractivity contribution is -0.143. The Bertz CT molecular complexity index is 1950. The third-order valence-electron chi connectivity index (χ3n) is 10.2. The lowest BCUT2D eigenvalue weighted by Crippen LogP contribution is -2.29. The fourth-order valence-electron chi connectivity index (χ4n) is 6.98. The molecule has 0 radical (unpaired) electrons. The van der Waals surface area contributed by atoms with E-state index in [0.29, 0.717) is 30.0 Å². The van der Waals surface area contributed by atoms with E-state index < -0.39 is 53.1 Å². The summed E-state index contributed by atoms with van der Waals surface area (Å²) in [6, 6.07) is 12.8. The first-order valence-electron chi connectivity index (χ1n) is 18.6. The zero-order valence-electron chi connectivity index (χ0n) is 31.6. The molecule has 17 heteroatoms. The van der Waals surface area contributed by atoms with Gasteiger partial charge in [0.15, 0.2) is 5.75 Å². The van der Waals surface area contributed by atoms with Crippen LogP contribution in [0.2, 0.25) is 0 Å². The molecule has 1 heterocycles. The second-order valence-electron chi connectivity index (χ2n) is 14.4. The van der Waals surface area contributed by atoms with Gasteiger partial charge < -0.3 is 25.2 Å². The van der Waals surface area contributed by atoms with E-state index in [1.807, 2.05) is 0 Å². The van der Waals surface area contributed by atoms with Crippen LogP contribution in [0, 0.1) is 11.8 Å². The summed E-state index contributed by atoms with van der Waals surface area (Å²) < 4.78 is 136. The van der Waals surface area contributed by atoms with E-state index in [9.17, 15) is 44.3 Å². The Morgan fingerprint density at radius 1 is 0.793 bits per heavy atom. The van der Waals surface area contributed by atoms with E-state index in [0.717, 1.165) is 37.8 Å². The summed E-state index contributed by atoms with van der Waals surface area (Å²) in [5.74, 6) is -1.38. The Morgan fingerprint density at radius 2 is 1.40 bits per heavy atom. The summed E-state index contributed by atoms with van der Waals surface area (Å²) in [6.45, 7) is 3.39. The number of nitrogens with one attached hydrogen (secondary N) is 2. The van der Waals surface area contributed by atoms with Gasteiger partial charge in [-0.15, -0.1) is 0 Å². The molecular formula is C41H43F9N4O4. The topological polar surface area (TPSA) is 106 Å². The molecule has 3 aromatic carbocycles. The first-order valence-corrected chi connectivity index (χ1v) is 18.6. The zero-order valence-corrected chi connectivity index (χ0v) is 31.6. The highest BCUT2D eigenvalue weighted by Gasteiger charge is 2.38. The van der Waals surface area contributed by atoms with Crippen molar-refractivity contribution in [3.8, 4) is 11.5 Å². The Kier molecular flexibility index (Phi) is 14.2. The van der Waals surface area contributed by atoms with Crippen LogP contribution in [-0.2, 0) is 29.9 Å². The average Bonchev–Trinajstić information content (AvgIpc) is 3.17. The van der Waals surface area contributed by atoms with Crippen molar-refractivity contribution in [1.29, 1.82) is 0 Å². The maximum atomic E-state index is 13.9. The Balaban J connectivity index is 1.40. The van der Waals surface area contributed by atoms with Gasteiger partial charge in [0, 0.05) is 24.9 Å². The van der Waals surface area contributed by atoms with Gasteiger partial charge in [0.25, 0.3) is 0 Å². The predicted octanol–water partition coefficient (Wildman–Crippen LogP) is 10.7.